The molecule has 9 rings (SSSR count). The molecule has 4 heterocycles. The van der Waals surface area contributed by atoms with Crippen LogP contribution in [-0.4, -0.2) is 90.7 Å². The first-order chi connectivity index (χ1) is 28.9. The molecular formula is C45H54Cl2N8O5. The van der Waals surface area contributed by atoms with Crippen LogP contribution in [0, 0.1) is 10.8 Å². The first kappa shape index (κ1) is 41.1. The zero-order valence-electron chi connectivity index (χ0n) is 34.7. The number of ether oxygens (including phenoxy) is 1. The first-order valence-corrected chi connectivity index (χ1v) is 22.1. The average molecular weight is 858 g/mol. The second-order valence-corrected chi connectivity index (χ2v) is 18.7. The lowest BCUT2D eigenvalue weighted by atomic mass is 9.80. The minimum atomic E-state index is -0.363. The third kappa shape index (κ3) is 7.44. The number of nitrogens with zero attached hydrogens (tertiary/aromatic N) is 6. The molecular weight excluding hydrogens is 803 g/mol. The third-order valence-corrected chi connectivity index (χ3v) is 15.4. The lowest BCUT2D eigenvalue weighted by Gasteiger charge is -2.37. The van der Waals surface area contributed by atoms with Crippen LogP contribution in [0.15, 0.2) is 36.4 Å². The van der Waals surface area contributed by atoms with E-state index >= 15 is 0 Å². The number of benzene rings is 2. The molecule has 0 atom stereocenters. The van der Waals surface area contributed by atoms with Crippen molar-refractivity contribution < 1.29 is 24.2 Å². The van der Waals surface area contributed by atoms with E-state index in [0.29, 0.717) is 63.3 Å². The number of methoxy groups -OCH3 is 1. The van der Waals surface area contributed by atoms with Gasteiger partial charge in [0.2, 0.25) is 0 Å². The molecule has 3 N–H and O–H groups in total. The number of aromatic nitrogens is 4. The SMILES string of the molecule is COC(=O)C12CCC(CCN3CCc4c(nc(C(=O)Nc5cccc(-c6cccc(NC(=O)c7nc8c(n7C)CCN(C7CCC(O)CC7)C8)c6Cl)c5Cl)n4C)C3)(CC1)C2. The van der Waals surface area contributed by atoms with Crippen molar-refractivity contribution in [2.45, 2.75) is 102 Å². The van der Waals surface area contributed by atoms with Crippen LogP contribution in [-0.2, 0) is 49.6 Å². The van der Waals surface area contributed by atoms with Gasteiger partial charge in [0.25, 0.3) is 11.8 Å². The second kappa shape index (κ2) is 16.2. The van der Waals surface area contributed by atoms with Gasteiger partial charge >= 0.3 is 5.97 Å². The van der Waals surface area contributed by atoms with Crippen LogP contribution in [0.3, 0.4) is 0 Å². The number of nitrogens with one attached hydrogen (secondary N) is 2. The first-order valence-electron chi connectivity index (χ1n) is 21.4. The van der Waals surface area contributed by atoms with Gasteiger partial charge in [0.15, 0.2) is 11.6 Å². The topological polar surface area (TPSA) is 147 Å². The molecule has 3 aliphatic carbocycles. The van der Waals surface area contributed by atoms with E-state index in [1.807, 2.05) is 35.4 Å². The highest BCUT2D eigenvalue weighted by atomic mass is 35.5. The van der Waals surface area contributed by atoms with Crippen molar-refractivity contribution in [3.05, 3.63) is 80.9 Å². The summed E-state index contributed by atoms with van der Waals surface area (Å²) in [7, 11) is 5.27. The van der Waals surface area contributed by atoms with Gasteiger partial charge in [-0.3, -0.25) is 24.2 Å². The number of rotatable bonds is 10. The van der Waals surface area contributed by atoms with E-state index in [-0.39, 0.29) is 34.7 Å². The normalized spacial score (nSPS) is 25.2. The van der Waals surface area contributed by atoms with E-state index in [9.17, 15) is 19.5 Å². The summed E-state index contributed by atoms with van der Waals surface area (Å²) >= 11 is 14.0. The van der Waals surface area contributed by atoms with Crippen molar-refractivity contribution in [1.29, 1.82) is 0 Å². The number of carbonyl (C=O) groups excluding carboxylic acids is 3. The van der Waals surface area contributed by atoms with Crippen molar-refractivity contribution in [2.24, 2.45) is 24.9 Å². The maximum Gasteiger partial charge on any atom is 0.311 e. The summed E-state index contributed by atoms with van der Waals surface area (Å²) in [5.41, 5.74) is 5.90. The molecule has 0 radical (unpaired) electrons. The van der Waals surface area contributed by atoms with Gasteiger partial charge in [-0.1, -0.05) is 47.5 Å². The fraction of sp³-hybridized carbons (Fsp3) is 0.533. The summed E-state index contributed by atoms with van der Waals surface area (Å²) in [6, 6.07) is 11.2. The number of aliphatic hydroxyl groups excluding tert-OH is 1. The molecule has 0 spiro atoms. The van der Waals surface area contributed by atoms with Gasteiger partial charge < -0.3 is 29.6 Å². The number of carbonyl (C=O) groups is 3. The van der Waals surface area contributed by atoms with Gasteiger partial charge in [-0.2, -0.15) is 0 Å². The third-order valence-electron chi connectivity index (χ3n) is 14.6. The highest BCUT2D eigenvalue weighted by Crippen LogP contribution is 2.63. The molecule has 4 aromatic rings. The summed E-state index contributed by atoms with van der Waals surface area (Å²) in [6.07, 6.45) is 11.0. The maximum atomic E-state index is 13.8. The quantitative estimate of drug-likeness (QED) is 0.141. The number of hydrogen-bond donors (Lipinski definition) is 3. The van der Waals surface area contributed by atoms with Crippen LogP contribution < -0.4 is 10.6 Å². The van der Waals surface area contributed by atoms with Gasteiger partial charge in [0.05, 0.1) is 51.4 Å². The molecule has 15 heteroatoms. The molecule has 3 saturated carbocycles. The zero-order chi connectivity index (χ0) is 41.9. The van der Waals surface area contributed by atoms with Gasteiger partial charge in [0.1, 0.15) is 0 Å². The molecule has 5 aliphatic rings. The summed E-state index contributed by atoms with van der Waals surface area (Å²) < 4.78 is 8.94. The highest BCUT2D eigenvalue weighted by Gasteiger charge is 2.58. The number of hydrogen-bond acceptors (Lipinski definition) is 9. The molecule has 60 heavy (non-hydrogen) atoms. The minimum Gasteiger partial charge on any atom is -0.469 e. The molecule has 2 aromatic heterocycles. The van der Waals surface area contributed by atoms with Crippen LogP contribution in [0.5, 0.6) is 0 Å². The average Bonchev–Trinajstić information content (AvgIpc) is 4.01. The zero-order valence-corrected chi connectivity index (χ0v) is 36.2. The van der Waals surface area contributed by atoms with Crippen LogP contribution in [0.1, 0.15) is 108 Å². The Morgan fingerprint density at radius 2 is 1.35 bits per heavy atom. The van der Waals surface area contributed by atoms with Gasteiger partial charge in [-0.15, -0.1) is 0 Å². The summed E-state index contributed by atoms with van der Waals surface area (Å²) in [5, 5.41) is 16.6. The van der Waals surface area contributed by atoms with Crippen LogP contribution >= 0.6 is 23.2 Å². The van der Waals surface area contributed by atoms with E-state index in [2.05, 4.69) is 20.4 Å². The Labute approximate surface area is 360 Å². The molecule has 0 saturated heterocycles. The molecule has 2 amide bonds. The Morgan fingerprint density at radius 3 is 1.92 bits per heavy atom. The van der Waals surface area contributed by atoms with E-state index < -0.39 is 0 Å². The van der Waals surface area contributed by atoms with Crippen molar-refractivity contribution >= 4 is 52.4 Å². The predicted molar refractivity (Wildman–Crippen MR) is 230 cm³/mol. The van der Waals surface area contributed by atoms with Gasteiger partial charge in [-0.25, -0.2) is 9.97 Å². The number of anilines is 2. The van der Waals surface area contributed by atoms with Crippen molar-refractivity contribution in [2.75, 3.05) is 37.4 Å². The van der Waals surface area contributed by atoms with E-state index in [1.165, 1.54) is 7.11 Å². The standard InChI is InChI=1S/C45H54Cl2N8O5/c1-52-35-14-21-54(23-20-44-16-18-45(26-44,19-17-44)43(59)60-3)24-33(35)48-39(52)41(57)50-31-8-4-6-29(37(31)46)30-7-5-9-32(38(30)47)51-42(58)40-49-34-25-55(22-15-36(34)53(40)2)27-10-12-28(56)13-11-27/h4-9,27-28,56H,10-26H2,1-3H3,(H,50,57)(H,51,58). The Morgan fingerprint density at radius 1 is 0.800 bits per heavy atom. The van der Waals surface area contributed by atoms with E-state index in [4.69, 9.17) is 37.9 Å². The predicted octanol–water partition coefficient (Wildman–Crippen LogP) is 7.17. The Hall–Kier alpha value is -4.27. The smallest absolute Gasteiger partial charge is 0.311 e. The lowest BCUT2D eigenvalue weighted by Crippen LogP contribution is -2.42. The fourth-order valence-electron chi connectivity index (χ4n) is 11.0. The number of imidazole rings is 2. The van der Waals surface area contributed by atoms with E-state index in [0.717, 1.165) is 119 Å². The molecule has 2 bridgehead atoms. The van der Waals surface area contributed by atoms with Crippen LogP contribution in [0.4, 0.5) is 11.4 Å². The molecule has 2 aromatic carbocycles. The minimum absolute atomic E-state index is 0.0410. The van der Waals surface area contributed by atoms with Crippen LogP contribution in [0.2, 0.25) is 10.0 Å². The van der Waals surface area contributed by atoms with Gasteiger partial charge in [0, 0.05) is 81.7 Å². The number of aliphatic hydroxyl groups is 1. The number of halogens is 2. The monoisotopic (exact) mass is 856 g/mol. The van der Waals surface area contributed by atoms with E-state index in [1.54, 1.807) is 24.3 Å². The number of fused-ring (bicyclic) bond motifs is 4. The van der Waals surface area contributed by atoms with Gasteiger partial charge in [-0.05, 0) is 88.3 Å². The number of esters is 1. The molecule has 318 valence electrons. The molecule has 13 nitrogen and oxygen atoms in total. The summed E-state index contributed by atoms with van der Waals surface area (Å²) in [5.74, 6) is -0.130. The largest absolute Gasteiger partial charge is 0.469 e. The molecule has 2 aliphatic heterocycles. The summed E-state index contributed by atoms with van der Waals surface area (Å²) in [6.45, 7) is 4.07. The maximum absolute atomic E-state index is 13.8. The highest BCUT2D eigenvalue weighted by molar-refractivity contribution is 6.40. The fourth-order valence-corrected chi connectivity index (χ4v) is 11.6. The van der Waals surface area contributed by atoms with Crippen LogP contribution in [0.25, 0.3) is 11.1 Å². The second-order valence-electron chi connectivity index (χ2n) is 17.9. The van der Waals surface area contributed by atoms with Crippen molar-refractivity contribution in [3.8, 4) is 11.1 Å². The van der Waals surface area contributed by atoms with Crippen molar-refractivity contribution in [3.63, 3.8) is 0 Å². The lowest BCUT2D eigenvalue weighted by molar-refractivity contribution is -0.152. The Balaban J connectivity index is 0.854. The summed E-state index contributed by atoms with van der Waals surface area (Å²) in [4.78, 5) is 54.6. The Bertz CT molecular complexity index is 2340. The number of amides is 2. The Kier molecular flexibility index (Phi) is 11.1. The molecule has 0 unspecified atom stereocenters. The van der Waals surface area contributed by atoms with Crippen molar-refractivity contribution in [1.82, 2.24) is 28.9 Å². The molecule has 3 fully saturated rings.